The van der Waals surface area contributed by atoms with Crippen LogP contribution in [0.1, 0.15) is 52.4 Å². The molecule has 4 aliphatic carbocycles. The maximum absolute atomic E-state index is 13.0. The van der Waals surface area contributed by atoms with Gasteiger partial charge in [-0.25, -0.2) is 0 Å². The highest BCUT2D eigenvalue weighted by Crippen LogP contribution is 2.74. The second kappa shape index (κ2) is 4.86. The van der Waals surface area contributed by atoms with E-state index < -0.39 is 0 Å². The molecule has 2 heteroatoms. The van der Waals surface area contributed by atoms with E-state index in [2.05, 4.69) is 31.3 Å². The Kier molecular flexibility index (Phi) is 3.20. The maximum Gasteiger partial charge on any atom is 0.227 e. The average molecular weight is 287 g/mol. The molecule has 0 aromatic rings. The van der Waals surface area contributed by atoms with Crippen molar-refractivity contribution in [2.45, 2.75) is 52.4 Å². The van der Waals surface area contributed by atoms with E-state index in [9.17, 15) is 4.79 Å². The van der Waals surface area contributed by atoms with Gasteiger partial charge >= 0.3 is 0 Å². The number of allylic oxidation sites excluding steroid dienone is 2. The van der Waals surface area contributed by atoms with Crippen molar-refractivity contribution in [3.8, 4) is 0 Å². The molecule has 0 spiro atoms. The van der Waals surface area contributed by atoms with Crippen molar-refractivity contribution in [3.63, 3.8) is 0 Å². The minimum atomic E-state index is -0.0111. The third-order valence-electron chi connectivity index (χ3n) is 7.29. The number of carbonyl (C=O) groups is 1. The van der Waals surface area contributed by atoms with E-state index in [0.717, 1.165) is 18.4 Å². The fraction of sp³-hybridized carbons (Fsp3) is 0.842. The molecule has 7 atom stereocenters. The van der Waals surface area contributed by atoms with E-state index >= 15 is 0 Å². The van der Waals surface area contributed by atoms with Gasteiger partial charge in [0.05, 0.1) is 5.41 Å². The van der Waals surface area contributed by atoms with Crippen molar-refractivity contribution < 1.29 is 4.79 Å². The Morgan fingerprint density at radius 1 is 1.24 bits per heavy atom. The number of carbonyl (C=O) groups excluding carboxylic acids is 1. The minimum absolute atomic E-state index is 0.0111. The fourth-order valence-electron chi connectivity index (χ4n) is 6.80. The molecule has 116 valence electrons. The van der Waals surface area contributed by atoms with Crippen LogP contribution in [0.4, 0.5) is 0 Å². The first-order valence-corrected chi connectivity index (χ1v) is 9.20. The molecule has 1 amide bonds. The van der Waals surface area contributed by atoms with Gasteiger partial charge in [-0.3, -0.25) is 4.79 Å². The summed E-state index contributed by atoms with van der Waals surface area (Å²) in [6.07, 6.45) is 12.9. The van der Waals surface area contributed by atoms with Gasteiger partial charge in [-0.05, 0) is 61.7 Å². The molecule has 2 nitrogen and oxygen atoms in total. The molecule has 0 aromatic carbocycles. The van der Waals surface area contributed by atoms with E-state index in [-0.39, 0.29) is 5.41 Å². The predicted octanol–water partition coefficient (Wildman–Crippen LogP) is 3.78. The molecular formula is C19H29NO. The Morgan fingerprint density at radius 2 is 2.10 bits per heavy atom. The van der Waals surface area contributed by atoms with Crippen molar-refractivity contribution in [3.05, 3.63) is 12.2 Å². The second-order valence-electron chi connectivity index (χ2n) is 7.94. The predicted molar refractivity (Wildman–Crippen MR) is 84.6 cm³/mol. The normalized spacial score (nSPS) is 48.9. The molecular weight excluding hydrogens is 258 g/mol. The van der Waals surface area contributed by atoms with Crippen LogP contribution >= 0.6 is 0 Å². The van der Waals surface area contributed by atoms with Gasteiger partial charge in [0.1, 0.15) is 0 Å². The van der Waals surface area contributed by atoms with Gasteiger partial charge in [0.2, 0.25) is 5.91 Å². The SMILES string of the molecule is CCCCC1CC2CC1C1C3C=CC(C3)C21C(=O)NCC. The first kappa shape index (κ1) is 13.8. The summed E-state index contributed by atoms with van der Waals surface area (Å²) in [5.41, 5.74) is -0.0111. The highest BCUT2D eigenvalue weighted by molar-refractivity contribution is 5.85. The van der Waals surface area contributed by atoms with Crippen molar-refractivity contribution in [2.24, 2.45) is 40.9 Å². The van der Waals surface area contributed by atoms with Gasteiger partial charge in [0.25, 0.3) is 0 Å². The van der Waals surface area contributed by atoms with E-state index in [1.54, 1.807) is 0 Å². The Labute approximate surface area is 128 Å². The van der Waals surface area contributed by atoms with E-state index in [0.29, 0.717) is 29.6 Å². The zero-order valence-corrected chi connectivity index (χ0v) is 13.5. The highest BCUT2D eigenvalue weighted by Gasteiger charge is 2.72. The smallest absolute Gasteiger partial charge is 0.227 e. The average Bonchev–Trinajstić information content (AvgIpc) is 3.21. The van der Waals surface area contributed by atoms with Crippen LogP contribution in [-0.4, -0.2) is 12.5 Å². The standard InChI is InChI=1S/C19H29NO/c1-3-5-6-12-9-15-11-16(12)17-13-7-8-14(10-13)19(15,17)18(21)20-4-2/h7-8,12-17H,3-6,9-11H2,1-2H3,(H,20,21). The first-order valence-electron chi connectivity index (χ1n) is 9.20. The third kappa shape index (κ3) is 1.62. The van der Waals surface area contributed by atoms with Crippen molar-refractivity contribution in [2.75, 3.05) is 6.54 Å². The van der Waals surface area contributed by atoms with Crippen molar-refractivity contribution in [1.29, 1.82) is 0 Å². The molecule has 0 aromatic heterocycles. The fourth-order valence-corrected chi connectivity index (χ4v) is 6.80. The van der Waals surface area contributed by atoms with Gasteiger partial charge in [0.15, 0.2) is 0 Å². The van der Waals surface area contributed by atoms with Crippen molar-refractivity contribution in [1.82, 2.24) is 5.32 Å². The molecule has 1 N–H and O–H groups in total. The number of nitrogens with one attached hydrogen (secondary N) is 1. The quantitative estimate of drug-likeness (QED) is 0.605. The molecule has 7 unspecified atom stereocenters. The summed E-state index contributed by atoms with van der Waals surface area (Å²) in [7, 11) is 0. The molecule has 0 heterocycles. The van der Waals surface area contributed by atoms with Crippen LogP contribution in [0.25, 0.3) is 0 Å². The summed E-state index contributed by atoms with van der Waals surface area (Å²) < 4.78 is 0. The molecule has 0 aliphatic heterocycles. The topological polar surface area (TPSA) is 29.1 Å². The van der Waals surface area contributed by atoms with E-state index in [4.69, 9.17) is 0 Å². The van der Waals surface area contributed by atoms with Crippen LogP contribution in [0.3, 0.4) is 0 Å². The van der Waals surface area contributed by atoms with Gasteiger partial charge in [-0.2, -0.15) is 0 Å². The van der Waals surface area contributed by atoms with Gasteiger partial charge in [0, 0.05) is 6.54 Å². The number of unbranched alkanes of at least 4 members (excludes halogenated alkanes) is 1. The lowest BCUT2D eigenvalue weighted by Gasteiger charge is -2.46. The Morgan fingerprint density at radius 3 is 2.86 bits per heavy atom. The Hall–Kier alpha value is -0.790. The molecule has 0 saturated heterocycles. The highest BCUT2D eigenvalue weighted by atomic mass is 16.2. The summed E-state index contributed by atoms with van der Waals surface area (Å²) in [6.45, 7) is 5.14. The molecule has 4 bridgehead atoms. The van der Waals surface area contributed by atoms with Gasteiger partial charge in [-0.15, -0.1) is 0 Å². The third-order valence-corrected chi connectivity index (χ3v) is 7.29. The maximum atomic E-state index is 13.0. The van der Waals surface area contributed by atoms with Crippen LogP contribution in [0.5, 0.6) is 0 Å². The molecule has 21 heavy (non-hydrogen) atoms. The zero-order chi connectivity index (χ0) is 14.6. The second-order valence-corrected chi connectivity index (χ2v) is 7.94. The Bertz CT molecular complexity index is 470. The number of hydrogen-bond donors (Lipinski definition) is 1. The molecule has 4 rings (SSSR count). The summed E-state index contributed by atoms with van der Waals surface area (Å²) in [5.74, 6) is 4.73. The lowest BCUT2D eigenvalue weighted by Crippen LogP contribution is -2.52. The molecule has 0 radical (unpaired) electrons. The number of rotatable bonds is 5. The monoisotopic (exact) mass is 287 g/mol. The number of fused-ring (bicyclic) bond motifs is 9. The molecule has 4 aliphatic rings. The molecule has 3 saturated carbocycles. The van der Waals surface area contributed by atoms with E-state index in [1.165, 1.54) is 38.5 Å². The minimum Gasteiger partial charge on any atom is -0.356 e. The number of amides is 1. The molecule has 3 fully saturated rings. The Balaban J connectivity index is 1.65. The zero-order valence-electron chi connectivity index (χ0n) is 13.5. The van der Waals surface area contributed by atoms with Crippen molar-refractivity contribution >= 4 is 5.91 Å². The van der Waals surface area contributed by atoms with Crippen LogP contribution < -0.4 is 5.32 Å². The number of hydrogen-bond acceptors (Lipinski definition) is 1. The summed E-state index contributed by atoms with van der Waals surface area (Å²) in [5, 5.41) is 3.20. The lowest BCUT2D eigenvalue weighted by atomic mass is 9.58. The van der Waals surface area contributed by atoms with Crippen LogP contribution in [0.15, 0.2) is 12.2 Å². The van der Waals surface area contributed by atoms with Crippen LogP contribution in [0.2, 0.25) is 0 Å². The van der Waals surface area contributed by atoms with Crippen LogP contribution in [0, 0.1) is 40.9 Å². The summed E-state index contributed by atoms with van der Waals surface area (Å²) in [4.78, 5) is 13.0. The first-order chi connectivity index (χ1) is 10.2. The lowest BCUT2D eigenvalue weighted by molar-refractivity contribution is -0.140. The van der Waals surface area contributed by atoms with Gasteiger partial charge in [-0.1, -0.05) is 38.3 Å². The summed E-state index contributed by atoms with van der Waals surface area (Å²) in [6, 6.07) is 0. The van der Waals surface area contributed by atoms with E-state index in [1.807, 2.05) is 0 Å². The van der Waals surface area contributed by atoms with Crippen LogP contribution in [-0.2, 0) is 4.79 Å². The largest absolute Gasteiger partial charge is 0.356 e. The summed E-state index contributed by atoms with van der Waals surface area (Å²) >= 11 is 0. The van der Waals surface area contributed by atoms with Gasteiger partial charge < -0.3 is 5.32 Å².